The first kappa shape index (κ1) is 14.5. The minimum Gasteiger partial charge on any atom is -0.424 e. The third-order valence-electron chi connectivity index (χ3n) is 3.39. The predicted molar refractivity (Wildman–Crippen MR) is 80.0 cm³/mol. The zero-order valence-corrected chi connectivity index (χ0v) is 12.3. The van der Waals surface area contributed by atoms with E-state index in [0.717, 1.165) is 24.2 Å². The number of nitrogens with two attached hydrogens (primary N) is 1. The van der Waals surface area contributed by atoms with Crippen molar-refractivity contribution >= 4 is 0 Å². The Kier molecular flexibility index (Phi) is 4.69. The summed E-state index contributed by atoms with van der Waals surface area (Å²) in [5, 5.41) is 0. The minimum absolute atomic E-state index is 0.158. The van der Waals surface area contributed by atoms with E-state index in [2.05, 4.69) is 30.7 Å². The van der Waals surface area contributed by atoms with Crippen molar-refractivity contribution in [1.82, 2.24) is 9.97 Å². The summed E-state index contributed by atoms with van der Waals surface area (Å²) in [6, 6.07) is 6.46. The summed E-state index contributed by atoms with van der Waals surface area (Å²) >= 11 is 0. The molecule has 0 fully saturated rings. The van der Waals surface area contributed by atoms with Crippen LogP contribution in [0.3, 0.4) is 0 Å². The van der Waals surface area contributed by atoms with Gasteiger partial charge < -0.3 is 10.5 Å². The van der Waals surface area contributed by atoms with Crippen molar-refractivity contribution < 1.29 is 4.74 Å². The van der Waals surface area contributed by atoms with Gasteiger partial charge in [0.05, 0.1) is 0 Å². The molecule has 0 saturated carbocycles. The second-order valence-electron chi connectivity index (χ2n) is 5.09. The Morgan fingerprint density at radius 2 is 1.85 bits per heavy atom. The van der Waals surface area contributed by atoms with Crippen LogP contribution in [-0.4, -0.2) is 16.0 Å². The van der Waals surface area contributed by atoms with Crippen LogP contribution in [0.25, 0.3) is 0 Å². The molecular weight excluding hydrogens is 250 g/mol. The van der Waals surface area contributed by atoms with Crippen LogP contribution < -0.4 is 10.5 Å². The number of benzene rings is 1. The lowest BCUT2D eigenvalue weighted by Gasteiger charge is -2.09. The fourth-order valence-electron chi connectivity index (χ4n) is 1.83. The van der Waals surface area contributed by atoms with Gasteiger partial charge in [-0.1, -0.05) is 13.0 Å². The summed E-state index contributed by atoms with van der Waals surface area (Å²) in [5.74, 6) is 0.756. The van der Waals surface area contributed by atoms with Crippen LogP contribution in [0.1, 0.15) is 30.0 Å². The second-order valence-corrected chi connectivity index (χ2v) is 5.09. The smallest absolute Gasteiger partial charge is 0.321 e. The Morgan fingerprint density at radius 3 is 2.45 bits per heavy atom. The van der Waals surface area contributed by atoms with E-state index in [0.29, 0.717) is 6.01 Å². The molecular formula is C16H21N3O. The van der Waals surface area contributed by atoms with Crippen molar-refractivity contribution in [3.63, 3.8) is 0 Å². The summed E-state index contributed by atoms with van der Waals surface area (Å²) in [6.07, 6.45) is 5.29. The van der Waals surface area contributed by atoms with E-state index in [1.54, 1.807) is 12.4 Å². The molecule has 0 aliphatic carbocycles. The Morgan fingerprint density at radius 1 is 1.15 bits per heavy atom. The van der Waals surface area contributed by atoms with Gasteiger partial charge in [0.25, 0.3) is 0 Å². The summed E-state index contributed by atoms with van der Waals surface area (Å²) in [5.41, 5.74) is 9.37. The van der Waals surface area contributed by atoms with Gasteiger partial charge in [-0.25, -0.2) is 9.97 Å². The highest BCUT2D eigenvalue weighted by Crippen LogP contribution is 2.20. The topological polar surface area (TPSA) is 61.0 Å². The second kappa shape index (κ2) is 6.48. The van der Waals surface area contributed by atoms with E-state index in [4.69, 9.17) is 10.5 Å². The van der Waals surface area contributed by atoms with E-state index in [1.165, 1.54) is 11.1 Å². The molecule has 2 aromatic rings. The largest absolute Gasteiger partial charge is 0.424 e. The van der Waals surface area contributed by atoms with E-state index in [9.17, 15) is 0 Å². The molecule has 0 saturated heterocycles. The van der Waals surface area contributed by atoms with Gasteiger partial charge in [0.2, 0.25) is 0 Å². The molecule has 1 unspecified atom stereocenters. The van der Waals surface area contributed by atoms with Crippen molar-refractivity contribution in [2.45, 2.75) is 39.7 Å². The van der Waals surface area contributed by atoms with Gasteiger partial charge in [-0.05, 0) is 55.5 Å². The number of nitrogens with zero attached hydrogens (tertiary/aromatic N) is 2. The van der Waals surface area contributed by atoms with Crippen molar-refractivity contribution in [3.8, 4) is 11.8 Å². The molecule has 20 heavy (non-hydrogen) atoms. The van der Waals surface area contributed by atoms with E-state index < -0.39 is 0 Å². The summed E-state index contributed by atoms with van der Waals surface area (Å²) in [6.45, 7) is 6.20. The van der Waals surface area contributed by atoms with Crippen LogP contribution in [0.15, 0.2) is 30.6 Å². The predicted octanol–water partition coefficient (Wildman–Crippen LogP) is 3.17. The molecule has 0 aliphatic rings. The zero-order valence-electron chi connectivity index (χ0n) is 12.3. The van der Waals surface area contributed by atoms with Gasteiger partial charge in [-0.15, -0.1) is 0 Å². The van der Waals surface area contributed by atoms with Crippen LogP contribution in [-0.2, 0) is 6.42 Å². The molecule has 0 bridgehead atoms. The average Bonchev–Trinajstić information content (AvgIpc) is 2.45. The van der Waals surface area contributed by atoms with Gasteiger partial charge in [0.15, 0.2) is 0 Å². The lowest BCUT2D eigenvalue weighted by Crippen LogP contribution is -2.21. The molecule has 1 aromatic heterocycles. The summed E-state index contributed by atoms with van der Waals surface area (Å²) in [7, 11) is 0. The first-order chi connectivity index (χ1) is 9.58. The lowest BCUT2D eigenvalue weighted by atomic mass is 10.1. The third-order valence-corrected chi connectivity index (χ3v) is 3.39. The van der Waals surface area contributed by atoms with E-state index >= 15 is 0 Å². The number of hydrogen-bond acceptors (Lipinski definition) is 4. The number of hydrogen-bond donors (Lipinski definition) is 1. The van der Waals surface area contributed by atoms with Gasteiger partial charge in [-0.3, -0.25) is 0 Å². The van der Waals surface area contributed by atoms with Crippen molar-refractivity contribution in [3.05, 3.63) is 47.3 Å². The standard InChI is InChI=1S/C16H21N3O/c1-4-14(17)8-13-9-18-16(19-10-13)20-15-6-5-11(2)12(3)7-15/h5-7,9-10,14H,4,8,17H2,1-3H3. The summed E-state index contributed by atoms with van der Waals surface area (Å²) in [4.78, 5) is 8.45. The third kappa shape index (κ3) is 3.78. The number of rotatable bonds is 5. The number of aromatic nitrogens is 2. The Hall–Kier alpha value is -1.94. The fourth-order valence-corrected chi connectivity index (χ4v) is 1.83. The van der Waals surface area contributed by atoms with E-state index in [-0.39, 0.29) is 6.04 Å². The maximum Gasteiger partial charge on any atom is 0.321 e. The van der Waals surface area contributed by atoms with Gasteiger partial charge in [-0.2, -0.15) is 0 Å². The molecule has 2 N–H and O–H groups in total. The normalized spacial score (nSPS) is 12.2. The first-order valence-corrected chi connectivity index (χ1v) is 6.90. The van der Waals surface area contributed by atoms with Crippen LogP contribution >= 0.6 is 0 Å². The molecule has 106 valence electrons. The molecule has 0 aliphatic heterocycles. The SMILES string of the molecule is CCC(N)Cc1cnc(Oc2ccc(C)c(C)c2)nc1. The highest BCUT2D eigenvalue weighted by Gasteiger charge is 2.05. The lowest BCUT2D eigenvalue weighted by molar-refractivity contribution is 0.440. The van der Waals surface area contributed by atoms with Crippen molar-refractivity contribution in [2.24, 2.45) is 5.73 Å². The van der Waals surface area contributed by atoms with Gasteiger partial charge in [0, 0.05) is 18.4 Å². The number of ether oxygens (including phenoxy) is 1. The number of aryl methyl sites for hydroxylation is 2. The molecule has 4 nitrogen and oxygen atoms in total. The van der Waals surface area contributed by atoms with Crippen LogP contribution in [0.2, 0.25) is 0 Å². The molecule has 0 spiro atoms. The molecule has 1 atom stereocenters. The maximum atomic E-state index is 5.91. The van der Waals surface area contributed by atoms with Gasteiger partial charge in [0.1, 0.15) is 5.75 Å². The van der Waals surface area contributed by atoms with Crippen molar-refractivity contribution in [1.29, 1.82) is 0 Å². The van der Waals surface area contributed by atoms with E-state index in [1.807, 2.05) is 18.2 Å². The first-order valence-electron chi connectivity index (χ1n) is 6.90. The van der Waals surface area contributed by atoms with Crippen LogP contribution in [0.5, 0.6) is 11.8 Å². The minimum atomic E-state index is 0.158. The highest BCUT2D eigenvalue weighted by molar-refractivity contribution is 5.35. The van der Waals surface area contributed by atoms with Crippen molar-refractivity contribution in [2.75, 3.05) is 0 Å². The quantitative estimate of drug-likeness (QED) is 0.907. The van der Waals surface area contributed by atoms with Gasteiger partial charge >= 0.3 is 6.01 Å². The molecule has 2 rings (SSSR count). The van der Waals surface area contributed by atoms with Crippen LogP contribution in [0.4, 0.5) is 0 Å². The molecule has 0 amide bonds. The molecule has 4 heteroatoms. The maximum absolute atomic E-state index is 5.91. The highest BCUT2D eigenvalue weighted by atomic mass is 16.5. The Labute approximate surface area is 120 Å². The Balaban J connectivity index is 2.04. The molecule has 1 heterocycles. The Bertz CT molecular complexity index is 566. The summed E-state index contributed by atoms with van der Waals surface area (Å²) < 4.78 is 5.65. The monoisotopic (exact) mass is 271 g/mol. The van der Waals surface area contributed by atoms with Crippen LogP contribution in [0, 0.1) is 13.8 Å². The molecule has 1 aromatic carbocycles. The average molecular weight is 271 g/mol. The zero-order chi connectivity index (χ0) is 14.5. The molecule has 0 radical (unpaired) electrons. The fraction of sp³-hybridized carbons (Fsp3) is 0.375.